The van der Waals surface area contributed by atoms with Crippen LogP contribution in [-0.2, 0) is 22.7 Å². The number of alkyl halides is 3. The Kier molecular flexibility index (Phi) is 5.10. The lowest BCUT2D eigenvalue weighted by molar-refractivity contribution is -0.139. The first-order chi connectivity index (χ1) is 14.6. The van der Waals surface area contributed by atoms with Crippen LogP contribution in [0.5, 0.6) is 0 Å². The second-order valence-corrected chi connectivity index (χ2v) is 8.49. The van der Waals surface area contributed by atoms with Crippen LogP contribution in [0.1, 0.15) is 11.1 Å². The predicted octanol–water partition coefficient (Wildman–Crippen LogP) is 4.20. The summed E-state index contributed by atoms with van der Waals surface area (Å²) < 4.78 is 68.7. The highest BCUT2D eigenvalue weighted by molar-refractivity contribution is 7.92. The standard InChI is InChI=1S/C21H16F3N3O3S/c22-21(23,24)17-8-4-5-9-19(17)31(29,30)26-15-10-11-18-16(12-15)20(28)25-27(18)13-14-6-2-1-3-7-14/h1-12,26H,13H2,(H,25,28). The summed E-state index contributed by atoms with van der Waals surface area (Å²) in [5, 5.41) is 2.90. The van der Waals surface area contributed by atoms with E-state index in [4.69, 9.17) is 0 Å². The highest BCUT2D eigenvalue weighted by Gasteiger charge is 2.36. The molecule has 4 rings (SSSR count). The normalized spacial score (nSPS) is 12.2. The lowest BCUT2D eigenvalue weighted by atomic mass is 10.2. The minimum Gasteiger partial charge on any atom is -0.280 e. The van der Waals surface area contributed by atoms with Crippen molar-refractivity contribution in [3.8, 4) is 0 Å². The Morgan fingerprint density at radius 1 is 0.935 bits per heavy atom. The fraction of sp³-hybridized carbons (Fsp3) is 0.0952. The Hall–Kier alpha value is -3.53. The lowest BCUT2D eigenvalue weighted by Gasteiger charge is -2.14. The molecule has 0 aliphatic rings. The molecule has 0 aliphatic heterocycles. The highest BCUT2D eigenvalue weighted by atomic mass is 32.2. The number of nitrogens with one attached hydrogen (secondary N) is 2. The van der Waals surface area contributed by atoms with E-state index in [0.717, 1.165) is 17.7 Å². The van der Waals surface area contributed by atoms with Crippen molar-refractivity contribution < 1.29 is 21.6 Å². The fourth-order valence-electron chi connectivity index (χ4n) is 3.30. The molecule has 31 heavy (non-hydrogen) atoms. The van der Waals surface area contributed by atoms with E-state index in [1.54, 1.807) is 4.68 Å². The first-order valence-electron chi connectivity index (χ1n) is 9.11. The molecule has 0 saturated heterocycles. The molecular weight excluding hydrogens is 431 g/mol. The molecule has 1 heterocycles. The molecule has 3 aromatic carbocycles. The van der Waals surface area contributed by atoms with Gasteiger partial charge in [0, 0.05) is 5.69 Å². The minimum absolute atomic E-state index is 0.0209. The van der Waals surface area contributed by atoms with E-state index in [-0.39, 0.29) is 11.1 Å². The summed E-state index contributed by atoms with van der Waals surface area (Å²) in [5.41, 5.74) is -0.248. The summed E-state index contributed by atoms with van der Waals surface area (Å²) >= 11 is 0. The van der Waals surface area contributed by atoms with E-state index in [1.807, 2.05) is 30.3 Å². The summed E-state index contributed by atoms with van der Waals surface area (Å²) in [6, 6.07) is 17.5. The van der Waals surface area contributed by atoms with Gasteiger partial charge in [-0.1, -0.05) is 42.5 Å². The maximum absolute atomic E-state index is 13.2. The third-order valence-corrected chi connectivity index (χ3v) is 6.13. The van der Waals surface area contributed by atoms with Crippen LogP contribution in [0.3, 0.4) is 0 Å². The number of anilines is 1. The van der Waals surface area contributed by atoms with Crippen LogP contribution >= 0.6 is 0 Å². The third kappa shape index (κ3) is 4.19. The van der Waals surface area contributed by atoms with Crippen molar-refractivity contribution >= 4 is 26.6 Å². The van der Waals surface area contributed by atoms with Crippen molar-refractivity contribution in [1.82, 2.24) is 9.78 Å². The summed E-state index contributed by atoms with van der Waals surface area (Å²) in [6.45, 7) is 0.392. The van der Waals surface area contributed by atoms with Gasteiger partial charge in [0.25, 0.3) is 15.6 Å². The van der Waals surface area contributed by atoms with Crippen LogP contribution in [-0.4, -0.2) is 18.2 Å². The molecule has 1 aromatic heterocycles. The van der Waals surface area contributed by atoms with Gasteiger partial charge in [-0.05, 0) is 35.9 Å². The van der Waals surface area contributed by atoms with Gasteiger partial charge in [0.15, 0.2) is 0 Å². The van der Waals surface area contributed by atoms with Gasteiger partial charge < -0.3 is 0 Å². The van der Waals surface area contributed by atoms with Crippen molar-refractivity contribution in [3.05, 3.63) is 94.3 Å². The number of nitrogens with zero attached hydrogens (tertiary/aromatic N) is 1. The first kappa shape index (κ1) is 20.7. The van der Waals surface area contributed by atoms with Crippen molar-refractivity contribution in [2.75, 3.05) is 4.72 Å². The van der Waals surface area contributed by atoms with Crippen LogP contribution in [0.4, 0.5) is 18.9 Å². The Morgan fingerprint density at radius 2 is 1.61 bits per heavy atom. The first-order valence-corrected chi connectivity index (χ1v) is 10.6. The summed E-state index contributed by atoms with van der Waals surface area (Å²) in [6.07, 6.45) is -4.83. The molecule has 0 atom stereocenters. The third-order valence-electron chi connectivity index (χ3n) is 4.69. The number of aromatic nitrogens is 2. The number of fused-ring (bicyclic) bond motifs is 1. The Morgan fingerprint density at radius 3 is 2.32 bits per heavy atom. The SMILES string of the molecule is O=c1[nH]n(Cc2ccccc2)c2ccc(NS(=O)(=O)c3ccccc3C(F)(F)F)cc12. The van der Waals surface area contributed by atoms with E-state index in [9.17, 15) is 26.4 Å². The summed E-state index contributed by atoms with van der Waals surface area (Å²) in [5.74, 6) is 0. The number of hydrogen-bond acceptors (Lipinski definition) is 3. The fourth-order valence-corrected chi connectivity index (χ4v) is 4.57. The maximum atomic E-state index is 13.2. The van der Waals surface area contributed by atoms with Crippen molar-refractivity contribution in [2.24, 2.45) is 0 Å². The van der Waals surface area contributed by atoms with Crippen LogP contribution in [0.2, 0.25) is 0 Å². The molecule has 0 radical (unpaired) electrons. The molecule has 0 amide bonds. The highest BCUT2D eigenvalue weighted by Crippen LogP contribution is 2.34. The number of H-pyrrole nitrogens is 1. The van der Waals surface area contributed by atoms with Crippen LogP contribution in [0.25, 0.3) is 10.9 Å². The van der Waals surface area contributed by atoms with Crippen LogP contribution < -0.4 is 10.3 Å². The predicted molar refractivity (Wildman–Crippen MR) is 110 cm³/mol. The minimum atomic E-state index is -4.83. The number of aromatic amines is 1. The van der Waals surface area contributed by atoms with Gasteiger partial charge in [-0.25, -0.2) is 8.42 Å². The molecule has 0 bridgehead atoms. The van der Waals surface area contributed by atoms with Crippen molar-refractivity contribution in [2.45, 2.75) is 17.6 Å². The van der Waals surface area contributed by atoms with Gasteiger partial charge in [-0.3, -0.25) is 19.3 Å². The van der Waals surface area contributed by atoms with E-state index < -0.39 is 32.2 Å². The second kappa shape index (κ2) is 7.62. The van der Waals surface area contributed by atoms with Gasteiger partial charge in [0.1, 0.15) is 0 Å². The van der Waals surface area contributed by atoms with Gasteiger partial charge >= 0.3 is 6.18 Å². The topological polar surface area (TPSA) is 84.0 Å². The van der Waals surface area contributed by atoms with Crippen LogP contribution in [0.15, 0.2) is 82.5 Å². The monoisotopic (exact) mass is 447 g/mol. The van der Waals surface area contributed by atoms with Crippen molar-refractivity contribution in [1.29, 1.82) is 0 Å². The Balaban J connectivity index is 1.69. The molecule has 4 aromatic rings. The average Bonchev–Trinajstić information content (AvgIpc) is 3.03. The summed E-state index contributed by atoms with van der Waals surface area (Å²) in [4.78, 5) is 11.5. The number of benzene rings is 3. The molecule has 0 fully saturated rings. The van der Waals surface area contributed by atoms with Gasteiger partial charge in [0.2, 0.25) is 0 Å². The molecule has 0 saturated carbocycles. The van der Waals surface area contributed by atoms with Crippen LogP contribution in [0, 0.1) is 0 Å². The zero-order valence-electron chi connectivity index (χ0n) is 15.8. The number of sulfonamides is 1. The van der Waals surface area contributed by atoms with Gasteiger partial charge in [0.05, 0.1) is 27.9 Å². The van der Waals surface area contributed by atoms with E-state index in [0.29, 0.717) is 18.1 Å². The molecule has 0 unspecified atom stereocenters. The largest absolute Gasteiger partial charge is 0.417 e. The quantitative estimate of drug-likeness (QED) is 0.481. The molecule has 2 N–H and O–H groups in total. The zero-order chi connectivity index (χ0) is 22.2. The van der Waals surface area contributed by atoms with E-state index in [1.165, 1.54) is 24.3 Å². The molecule has 160 valence electrons. The second-order valence-electron chi connectivity index (χ2n) is 6.84. The maximum Gasteiger partial charge on any atom is 0.417 e. The van der Waals surface area contributed by atoms with Gasteiger partial charge in [-0.2, -0.15) is 13.2 Å². The van der Waals surface area contributed by atoms with Crippen molar-refractivity contribution in [3.63, 3.8) is 0 Å². The molecule has 0 spiro atoms. The molecular formula is C21H16F3N3O3S. The smallest absolute Gasteiger partial charge is 0.280 e. The number of hydrogen-bond donors (Lipinski definition) is 2. The molecule has 0 aliphatic carbocycles. The average molecular weight is 447 g/mol. The van der Waals surface area contributed by atoms with E-state index in [2.05, 4.69) is 9.82 Å². The van der Waals surface area contributed by atoms with Gasteiger partial charge in [-0.15, -0.1) is 0 Å². The number of rotatable bonds is 5. The molecule has 6 nitrogen and oxygen atoms in total. The molecule has 10 heteroatoms. The number of halogens is 3. The van der Waals surface area contributed by atoms with E-state index >= 15 is 0 Å². The summed E-state index contributed by atoms with van der Waals surface area (Å²) in [7, 11) is -4.54. The lowest BCUT2D eigenvalue weighted by Crippen LogP contribution is -2.18. The Labute approximate surface area is 175 Å². The zero-order valence-corrected chi connectivity index (χ0v) is 16.7. The Bertz CT molecular complexity index is 1410.